The van der Waals surface area contributed by atoms with Crippen LogP contribution < -0.4 is 0 Å². The van der Waals surface area contributed by atoms with Crippen molar-refractivity contribution < 1.29 is 30.9 Å². The molecule has 0 aromatic heterocycles. The van der Waals surface area contributed by atoms with Crippen molar-refractivity contribution in [2.24, 2.45) is 4.99 Å². The predicted molar refractivity (Wildman–Crippen MR) is 103 cm³/mol. The molecule has 2 aromatic rings. The van der Waals surface area contributed by atoms with Crippen molar-refractivity contribution in [2.45, 2.75) is 26.2 Å². The Morgan fingerprint density at radius 1 is 1.27 bits per heavy atom. The van der Waals surface area contributed by atoms with Gasteiger partial charge in [-0.1, -0.05) is 44.2 Å². The average molecular weight is 474 g/mol. The molecule has 0 atom stereocenters. The number of phenols is 1. The molecule has 0 spiro atoms. The van der Waals surface area contributed by atoms with Crippen LogP contribution in [-0.2, 0) is 26.3 Å². The number of nitro groups is 1. The number of rotatable bonds is 5. The quantitative estimate of drug-likeness (QED) is 0.356. The van der Waals surface area contributed by atoms with Crippen molar-refractivity contribution in [1.82, 2.24) is 0 Å². The number of hydrogen-bond donors (Lipinski definition) is 1. The van der Waals surface area contributed by atoms with Gasteiger partial charge in [-0.15, -0.1) is 0 Å². The summed E-state index contributed by atoms with van der Waals surface area (Å²) in [7, 11) is 9.87. The SMILES string of the molecule is CCN=Cc1cc([N+](=O)[O-])cc(C(C)(C)c2ccccc2)c1O.[Cl][Zr][Cl]. The van der Waals surface area contributed by atoms with E-state index in [2.05, 4.69) is 4.99 Å². The van der Waals surface area contributed by atoms with Gasteiger partial charge in [-0.2, -0.15) is 0 Å². The van der Waals surface area contributed by atoms with E-state index in [-0.39, 0.29) is 11.4 Å². The van der Waals surface area contributed by atoms with E-state index in [1.54, 1.807) is 0 Å². The first-order valence-corrected chi connectivity index (χ1v) is 14.2. The van der Waals surface area contributed by atoms with E-state index in [1.165, 1.54) is 18.3 Å². The Morgan fingerprint density at radius 2 is 1.85 bits per heavy atom. The van der Waals surface area contributed by atoms with Crippen LogP contribution in [0.3, 0.4) is 0 Å². The van der Waals surface area contributed by atoms with Crippen molar-refractivity contribution >= 4 is 28.9 Å². The monoisotopic (exact) mass is 472 g/mol. The zero-order valence-electron chi connectivity index (χ0n) is 14.7. The van der Waals surface area contributed by atoms with Gasteiger partial charge in [0.2, 0.25) is 0 Å². The summed E-state index contributed by atoms with van der Waals surface area (Å²) >= 11 is -0.826. The van der Waals surface area contributed by atoms with E-state index in [0.29, 0.717) is 17.7 Å². The molecule has 0 aliphatic rings. The van der Waals surface area contributed by atoms with Crippen LogP contribution in [0.25, 0.3) is 0 Å². The van der Waals surface area contributed by atoms with Crippen molar-refractivity contribution in [1.29, 1.82) is 0 Å². The molecule has 8 heteroatoms. The Bertz CT molecular complexity index is 769. The summed E-state index contributed by atoms with van der Waals surface area (Å²) in [6.07, 6.45) is 1.48. The van der Waals surface area contributed by atoms with Gasteiger partial charge < -0.3 is 5.11 Å². The first kappa shape index (κ1) is 22.8. The minimum absolute atomic E-state index is 0.0293. The summed E-state index contributed by atoms with van der Waals surface area (Å²) in [4.78, 5) is 14.9. The molecule has 0 aliphatic heterocycles. The summed E-state index contributed by atoms with van der Waals surface area (Å²) in [5.74, 6) is 0.0293. The summed E-state index contributed by atoms with van der Waals surface area (Å²) in [6, 6.07) is 12.4. The van der Waals surface area contributed by atoms with Crippen LogP contribution in [0, 0.1) is 10.1 Å². The number of nitro benzene ring substituents is 1. The molecule has 0 saturated carbocycles. The Labute approximate surface area is 171 Å². The molecule has 0 unspecified atom stereocenters. The molecule has 5 nitrogen and oxygen atoms in total. The summed E-state index contributed by atoms with van der Waals surface area (Å²) in [5, 5.41) is 21.8. The van der Waals surface area contributed by atoms with Crippen LogP contribution >= 0.6 is 17.0 Å². The molecular formula is C18H20Cl2N2O3Zr. The molecule has 2 rings (SSSR count). The number of aromatic hydroxyl groups is 1. The predicted octanol–water partition coefficient (Wildman–Crippen LogP) is 5.44. The molecule has 0 fully saturated rings. The van der Waals surface area contributed by atoms with Crippen LogP contribution in [-0.4, -0.2) is 22.8 Å². The summed E-state index contributed by atoms with van der Waals surface area (Å²) in [6.45, 7) is 6.27. The van der Waals surface area contributed by atoms with Gasteiger partial charge in [-0.05, 0) is 12.5 Å². The zero-order valence-corrected chi connectivity index (χ0v) is 18.7. The van der Waals surface area contributed by atoms with Gasteiger partial charge in [0.1, 0.15) is 5.75 Å². The fraction of sp³-hybridized carbons (Fsp3) is 0.278. The number of nitrogens with zero attached hydrogens (tertiary/aromatic N) is 2. The van der Waals surface area contributed by atoms with E-state index in [0.717, 1.165) is 5.56 Å². The van der Waals surface area contributed by atoms with E-state index >= 15 is 0 Å². The Balaban J connectivity index is 0.00000105. The molecule has 0 radical (unpaired) electrons. The second kappa shape index (κ2) is 10.8. The molecule has 0 aliphatic carbocycles. The molecule has 2 aromatic carbocycles. The second-order valence-corrected chi connectivity index (χ2v) is 9.61. The van der Waals surface area contributed by atoms with Crippen molar-refractivity contribution in [2.75, 3.05) is 6.54 Å². The molecule has 0 amide bonds. The third kappa shape index (κ3) is 5.90. The first-order chi connectivity index (χ1) is 12.3. The van der Waals surface area contributed by atoms with Gasteiger partial charge in [-0.3, -0.25) is 15.1 Å². The van der Waals surface area contributed by atoms with Crippen LogP contribution in [0.5, 0.6) is 5.75 Å². The molecule has 1 N–H and O–H groups in total. The third-order valence-corrected chi connectivity index (χ3v) is 3.92. The van der Waals surface area contributed by atoms with E-state index in [1.807, 2.05) is 51.1 Å². The van der Waals surface area contributed by atoms with Crippen molar-refractivity contribution in [3.63, 3.8) is 0 Å². The number of aliphatic imine (C=N–C) groups is 1. The summed E-state index contributed by atoms with van der Waals surface area (Å²) < 4.78 is 0. The number of benzene rings is 2. The topological polar surface area (TPSA) is 75.7 Å². The summed E-state index contributed by atoms with van der Waals surface area (Å²) in [5.41, 5.74) is 1.20. The van der Waals surface area contributed by atoms with Gasteiger partial charge in [0.25, 0.3) is 5.69 Å². The zero-order chi connectivity index (χ0) is 19.7. The second-order valence-electron chi connectivity index (χ2n) is 5.88. The van der Waals surface area contributed by atoms with Crippen LogP contribution in [0.1, 0.15) is 37.5 Å². The molecule has 0 heterocycles. The molecule has 26 heavy (non-hydrogen) atoms. The van der Waals surface area contributed by atoms with Crippen molar-refractivity contribution in [3.05, 3.63) is 69.3 Å². The normalized spacial score (nSPS) is 11.0. The number of non-ortho nitro benzene ring substituents is 1. The van der Waals surface area contributed by atoms with Crippen LogP contribution in [0.15, 0.2) is 47.5 Å². The van der Waals surface area contributed by atoms with Gasteiger partial charge in [-0.25, -0.2) is 0 Å². The number of hydrogen-bond acceptors (Lipinski definition) is 4. The Morgan fingerprint density at radius 3 is 2.35 bits per heavy atom. The fourth-order valence-corrected chi connectivity index (χ4v) is 2.52. The van der Waals surface area contributed by atoms with Crippen molar-refractivity contribution in [3.8, 4) is 5.75 Å². The molecule has 0 bridgehead atoms. The number of phenolic OH excluding ortho intramolecular Hbond substituents is 1. The molecular weight excluding hydrogens is 454 g/mol. The standard InChI is InChI=1S/C18H20N2O3.2ClH.Zr/c1-4-19-12-13-10-15(20(22)23)11-16(17(13)21)18(2,3)14-8-6-5-7-9-14;;;/h5-12,21H,4H2,1-3H3;2*1H;/q;;;+2/p-2. The first-order valence-electron chi connectivity index (χ1n) is 7.83. The Hall–Kier alpha value is -1.23. The molecule has 0 saturated heterocycles. The third-order valence-electron chi connectivity index (χ3n) is 3.92. The van der Waals surface area contributed by atoms with Crippen LogP contribution in [0.2, 0.25) is 0 Å². The van der Waals surface area contributed by atoms with Gasteiger partial charge in [0, 0.05) is 41.4 Å². The van der Waals surface area contributed by atoms with Gasteiger partial charge >= 0.3 is 37.9 Å². The van der Waals surface area contributed by atoms with Gasteiger partial charge in [0.15, 0.2) is 0 Å². The Kier molecular flexibility index (Phi) is 9.48. The van der Waals surface area contributed by atoms with Crippen LogP contribution in [0.4, 0.5) is 5.69 Å². The fourth-order valence-electron chi connectivity index (χ4n) is 2.52. The maximum atomic E-state index is 11.2. The minimum atomic E-state index is -0.826. The van der Waals surface area contributed by atoms with E-state index in [9.17, 15) is 15.2 Å². The van der Waals surface area contributed by atoms with E-state index in [4.69, 9.17) is 17.0 Å². The number of halogens is 2. The average Bonchev–Trinajstić information content (AvgIpc) is 2.62. The molecule has 138 valence electrons. The van der Waals surface area contributed by atoms with Gasteiger partial charge in [0.05, 0.1) is 4.92 Å². The van der Waals surface area contributed by atoms with E-state index < -0.39 is 31.2 Å². The maximum absolute atomic E-state index is 11.2.